The van der Waals surface area contributed by atoms with Gasteiger partial charge in [-0.25, -0.2) is 0 Å². The predicted octanol–water partition coefficient (Wildman–Crippen LogP) is 4.68. The molecule has 3 aromatic carbocycles. The van der Waals surface area contributed by atoms with E-state index in [1.807, 2.05) is 18.2 Å². The molecule has 1 heterocycles. The number of nitrogens with two attached hydrogens (primary N) is 1. The second kappa shape index (κ2) is 10.2. The zero-order valence-corrected chi connectivity index (χ0v) is 20.0. The van der Waals surface area contributed by atoms with E-state index in [1.165, 1.54) is 6.07 Å². The van der Waals surface area contributed by atoms with Crippen molar-refractivity contribution in [3.63, 3.8) is 0 Å². The molecule has 3 N–H and O–H groups in total. The van der Waals surface area contributed by atoms with Crippen molar-refractivity contribution in [2.75, 3.05) is 5.73 Å². The summed E-state index contributed by atoms with van der Waals surface area (Å²) in [4.78, 5) is 3.93. The molecule has 0 aliphatic heterocycles. The normalized spacial score (nSPS) is 11.4. The van der Waals surface area contributed by atoms with Gasteiger partial charge >= 0.3 is 0 Å². The standard InChI is InChI=1S/C22H18N4O4S.Na/c23-22-17-9-2-1-8-16(17)21(31(27,28)29)13-19(22)26-25-18-10-3-4-11-20(18)30-14-15-7-5-6-12-24-15;/h1-13H,14,23H2,(H,27,28,29);. The molecule has 0 aliphatic carbocycles. The molecule has 4 rings (SSSR count). The van der Waals surface area contributed by atoms with Crippen LogP contribution < -0.4 is 10.5 Å². The molecule has 4 aromatic rings. The van der Waals surface area contributed by atoms with Crippen LogP contribution in [0.15, 0.2) is 94.1 Å². The van der Waals surface area contributed by atoms with Gasteiger partial charge in [0, 0.05) is 46.5 Å². The van der Waals surface area contributed by atoms with E-state index in [0.717, 1.165) is 5.69 Å². The Labute approximate surface area is 207 Å². The van der Waals surface area contributed by atoms with Crippen LogP contribution in [0.5, 0.6) is 5.75 Å². The summed E-state index contributed by atoms with van der Waals surface area (Å²) in [6.07, 6.45) is 1.68. The largest absolute Gasteiger partial charge is 0.485 e. The maximum Gasteiger partial charge on any atom is 0.295 e. The van der Waals surface area contributed by atoms with E-state index in [2.05, 4.69) is 15.2 Å². The Balaban J connectivity index is 0.00000289. The number of aromatic nitrogens is 1. The van der Waals surface area contributed by atoms with E-state index in [1.54, 1.807) is 54.7 Å². The number of nitrogen functional groups attached to an aromatic ring is 1. The molecule has 0 spiro atoms. The molecule has 1 radical (unpaired) electrons. The first-order chi connectivity index (χ1) is 14.9. The van der Waals surface area contributed by atoms with Crippen LogP contribution in [-0.2, 0) is 16.7 Å². The number of hydrogen-bond acceptors (Lipinski definition) is 7. The molecule has 0 saturated heterocycles. The summed E-state index contributed by atoms with van der Waals surface area (Å²) in [5.41, 5.74) is 7.75. The molecule has 0 atom stereocenters. The average Bonchev–Trinajstić information content (AvgIpc) is 2.78. The molecule has 0 aliphatic rings. The van der Waals surface area contributed by atoms with Gasteiger partial charge in [0.2, 0.25) is 0 Å². The van der Waals surface area contributed by atoms with Gasteiger partial charge in [0.25, 0.3) is 10.1 Å². The molecular weight excluding hydrogens is 439 g/mol. The summed E-state index contributed by atoms with van der Waals surface area (Å²) in [6, 6.07) is 20.4. The van der Waals surface area contributed by atoms with Crippen molar-refractivity contribution in [2.45, 2.75) is 11.5 Å². The second-order valence-corrected chi connectivity index (χ2v) is 8.00. The van der Waals surface area contributed by atoms with Crippen LogP contribution in [0, 0.1) is 0 Å². The first kappa shape index (κ1) is 23.8. The summed E-state index contributed by atoms with van der Waals surface area (Å²) in [7, 11) is -4.49. The minimum atomic E-state index is -4.49. The van der Waals surface area contributed by atoms with Gasteiger partial charge in [-0.05, 0) is 30.3 Å². The summed E-state index contributed by atoms with van der Waals surface area (Å²) in [6.45, 7) is 0.248. The van der Waals surface area contributed by atoms with Crippen molar-refractivity contribution < 1.29 is 17.7 Å². The molecule has 1 aromatic heterocycles. The van der Waals surface area contributed by atoms with E-state index < -0.39 is 10.1 Å². The Morgan fingerprint density at radius 3 is 2.28 bits per heavy atom. The van der Waals surface area contributed by atoms with Crippen molar-refractivity contribution in [3.8, 4) is 5.75 Å². The molecule has 0 unspecified atom stereocenters. The number of azo groups is 1. The van der Waals surface area contributed by atoms with Crippen LogP contribution >= 0.6 is 0 Å². The van der Waals surface area contributed by atoms with Crippen molar-refractivity contribution in [1.29, 1.82) is 0 Å². The Kier molecular flexibility index (Phi) is 7.60. The molecular formula is C22H18N4NaO4S. The number of para-hydroxylation sites is 1. The van der Waals surface area contributed by atoms with Crippen molar-refractivity contribution in [1.82, 2.24) is 4.98 Å². The zero-order chi connectivity index (χ0) is 21.8. The zero-order valence-electron chi connectivity index (χ0n) is 17.2. The first-order valence-corrected chi connectivity index (χ1v) is 10.7. The third kappa shape index (κ3) is 5.32. The number of anilines is 1. The quantitative estimate of drug-likeness (QED) is 0.187. The first-order valence-electron chi connectivity index (χ1n) is 9.25. The Morgan fingerprint density at radius 1 is 0.906 bits per heavy atom. The van der Waals surface area contributed by atoms with Crippen LogP contribution in [-0.4, -0.2) is 47.5 Å². The fraction of sp³-hybridized carbons (Fsp3) is 0.0455. The fourth-order valence-electron chi connectivity index (χ4n) is 3.05. The molecule has 32 heavy (non-hydrogen) atoms. The number of benzene rings is 3. The van der Waals surface area contributed by atoms with Gasteiger partial charge < -0.3 is 10.5 Å². The Morgan fingerprint density at radius 2 is 1.56 bits per heavy atom. The van der Waals surface area contributed by atoms with Gasteiger partial charge in [-0.2, -0.15) is 8.42 Å². The minimum Gasteiger partial charge on any atom is -0.485 e. The third-order valence-corrected chi connectivity index (χ3v) is 5.43. The van der Waals surface area contributed by atoms with E-state index in [9.17, 15) is 13.0 Å². The number of pyridine rings is 1. The molecule has 0 fully saturated rings. The molecule has 0 saturated carbocycles. The van der Waals surface area contributed by atoms with Crippen LogP contribution in [0.4, 0.5) is 17.1 Å². The van der Waals surface area contributed by atoms with Crippen LogP contribution in [0.25, 0.3) is 10.8 Å². The fourth-order valence-corrected chi connectivity index (χ4v) is 3.77. The monoisotopic (exact) mass is 457 g/mol. The predicted molar refractivity (Wildman–Crippen MR) is 123 cm³/mol. The number of rotatable bonds is 6. The van der Waals surface area contributed by atoms with E-state index in [-0.39, 0.29) is 52.4 Å². The second-order valence-electron chi connectivity index (χ2n) is 6.61. The topological polar surface area (TPSA) is 127 Å². The maximum absolute atomic E-state index is 11.9. The molecule has 157 valence electrons. The van der Waals surface area contributed by atoms with Crippen molar-refractivity contribution in [3.05, 3.63) is 84.7 Å². The van der Waals surface area contributed by atoms with Crippen LogP contribution in [0.1, 0.15) is 5.69 Å². The Bertz CT molecular complexity index is 1380. The van der Waals surface area contributed by atoms with Crippen molar-refractivity contribution >= 4 is 67.5 Å². The van der Waals surface area contributed by atoms with E-state index >= 15 is 0 Å². The van der Waals surface area contributed by atoms with Gasteiger partial charge in [0.15, 0.2) is 0 Å². The molecule has 10 heteroatoms. The molecule has 0 amide bonds. The van der Waals surface area contributed by atoms with Gasteiger partial charge in [-0.15, -0.1) is 10.2 Å². The smallest absolute Gasteiger partial charge is 0.295 e. The number of ether oxygens (including phenoxy) is 1. The SMILES string of the molecule is Nc1c(N=Nc2ccccc2OCc2ccccn2)cc(S(=O)(=O)O)c2ccccc12.[Na]. The van der Waals surface area contributed by atoms with Crippen molar-refractivity contribution in [2.24, 2.45) is 10.2 Å². The van der Waals surface area contributed by atoms with Crippen LogP contribution in [0.2, 0.25) is 0 Å². The van der Waals surface area contributed by atoms with Gasteiger partial charge in [-0.3, -0.25) is 9.54 Å². The summed E-state index contributed by atoms with van der Waals surface area (Å²) >= 11 is 0. The third-order valence-electron chi connectivity index (χ3n) is 4.54. The van der Waals surface area contributed by atoms with Gasteiger partial charge in [0.1, 0.15) is 28.6 Å². The summed E-state index contributed by atoms with van der Waals surface area (Å²) < 4.78 is 39.2. The van der Waals surface area contributed by atoms with E-state index in [0.29, 0.717) is 22.2 Å². The molecule has 8 nitrogen and oxygen atoms in total. The molecule has 0 bridgehead atoms. The van der Waals surface area contributed by atoms with Crippen LogP contribution in [0.3, 0.4) is 0 Å². The summed E-state index contributed by atoms with van der Waals surface area (Å²) in [5.74, 6) is 0.478. The maximum atomic E-state index is 11.9. The summed E-state index contributed by atoms with van der Waals surface area (Å²) in [5, 5.41) is 9.10. The average molecular weight is 457 g/mol. The Hall–Kier alpha value is -2.82. The van der Waals surface area contributed by atoms with Gasteiger partial charge in [-0.1, -0.05) is 42.5 Å². The number of fused-ring (bicyclic) bond motifs is 1. The number of nitrogens with zero attached hydrogens (tertiary/aromatic N) is 3. The van der Waals surface area contributed by atoms with Gasteiger partial charge in [0.05, 0.1) is 11.4 Å². The number of hydrogen-bond donors (Lipinski definition) is 2. The minimum absolute atomic E-state index is 0. The van der Waals surface area contributed by atoms with E-state index in [4.69, 9.17) is 10.5 Å².